The SMILES string of the molecule is C=C/C=C(\C=C)c1c2ccnc1C2. The number of pyridine rings is 1. The van der Waals surface area contributed by atoms with Crippen LogP contribution in [-0.2, 0) is 6.42 Å². The lowest BCUT2D eigenvalue weighted by Gasteiger charge is -2.22. The molecule has 1 aromatic heterocycles. The third-order valence-electron chi connectivity index (χ3n) is 2.28. The number of hydrogen-bond acceptors (Lipinski definition) is 1. The van der Waals surface area contributed by atoms with Crippen molar-refractivity contribution >= 4 is 5.57 Å². The van der Waals surface area contributed by atoms with Gasteiger partial charge in [0.25, 0.3) is 0 Å². The van der Waals surface area contributed by atoms with E-state index in [0.29, 0.717) is 0 Å². The molecule has 1 aliphatic heterocycles. The lowest BCUT2D eigenvalue weighted by molar-refractivity contribution is 0.958. The van der Waals surface area contributed by atoms with Gasteiger partial charge in [-0.3, -0.25) is 4.98 Å². The van der Waals surface area contributed by atoms with E-state index < -0.39 is 0 Å². The quantitative estimate of drug-likeness (QED) is 0.644. The molecule has 0 N–H and O–H groups in total. The van der Waals surface area contributed by atoms with E-state index in [2.05, 4.69) is 24.2 Å². The topological polar surface area (TPSA) is 12.9 Å². The zero-order valence-corrected chi connectivity index (χ0v) is 7.46. The molecule has 3 rings (SSSR count). The van der Waals surface area contributed by atoms with Gasteiger partial charge in [-0.25, -0.2) is 0 Å². The molecule has 0 aromatic carbocycles. The molecule has 0 fully saturated rings. The number of allylic oxidation sites excluding steroid dienone is 4. The Labute approximate surface area is 78.1 Å². The molecular weight excluding hydrogens is 158 g/mol. The van der Waals surface area contributed by atoms with Gasteiger partial charge in [-0.1, -0.05) is 31.4 Å². The summed E-state index contributed by atoms with van der Waals surface area (Å²) in [5, 5.41) is 0. The minimum absolute atomic E-state index is 1.01. The zero-order valence-electron chi connectivity index (χ0n) is 7.46. The van der Waals surface area contributed by atoms with E-state index >= 15 is 0 Å². The number of aromatic nitrogens is 1. The molecule has 0 atom stereocenters. The summed E-state index contributed by atoms with van der Waals surface area (Å²) in [5.41, 5.74) is 4.90. The van der Waals surface area contributed by atoms with Gasteiger partial charge < -0.3 is 0 Å². The number of rotatable bonds is 3. The first-order chi connectivity index (χ1) is 6.36. The van der Waals surface area contributed by atoms with E-state index in [4.69, 9.17) is 0 Å². The highest BCUT2D eigenvalue weighted by Crippen LogP contribution is 2.33. The van der Waals surface area contributed by atoms with Gasteiger partial charge >= 0.3 is 0 Å². The number of nitrogens with zero attached hydrogens (tertiary/aromatic N) is 1. The Hall–Kier alpha value is -1.63. The van der Waals surface area contributed by atoms with E-state index in [1.165, 1.54) is 16.8 Å². The van der Waals surface area contributed by atoms with Crippen LogP contribution in [0, 0.1) is 0 Å². The molecule has 1 aliphatic carbocycles. The van der Waals surface area contributed by atoms with Crippen molar-refractivity contribution in [3.63, 3.8) is 0 Å². The first-order valence-electron chi connectivity index (χ1n) is 4.29. The maximum Gasteiger partial charge on any atom is 0.0528 e. The molecule has 1 aromatic rings. The molecule has 1 heteroatoms. The van der Waals surface area contributed by atoms with Crippen molar-refractivity contribution in [3.05, 3.63) is 60.5 Å². The minimum Gasteiger partial charge on any atom is -0.260 e. The van der Waals surface area contributed by atoms with Crippen molar-refractivity contribution in [1.29, 1.82) is 0 Å². The largest absolute Gasteiger partial charge is 0.260 e. The van der Waals surface area contributed by atoms with Crippen molar-refractivity contribution in [2.75, 3.05) is 0 Å². The summed E-state index contributed by atoms with van der Waals surface area (Å²) < 4.78 is 0. The number of fused-ring (bicyclic) bond motifs is 2. The summed E-state index contributed by atoms with van der Waals surface area (Å²) in [4.78, 5) is 4.28. The van der Waals surface area contributed by atoms with Gasteiger partial charge in [0.15, 0.2) is 0 Å². The predicted octanol–water partition coefficient (Wildman–Crippen LogP) is 2.74. The van der Waals surface area contributed by atoms with Crippen LogP contribution in [-0.4, -0.2) is 4.98 Å². The van der Waals surface area contributed by atoms with E-state index in [0.717, 1.165) is 12.0 Å². The summed E-state index contributed by atoms with van der Waals surface area (Å²) in [6.07, 6.45) is 8.46. The standard InChI is InChI=1S/C12H11N/c1-3-5-9(4-2)12-10-6-7-13-11(12)8-10/h3-7H,1-2,8H2/b9-5+. The van der Waals surface area contributed by atoms with Crippen LogP contribution in [0.25, 0.3) is 5.57 Å². The van der Waals surface area contributed by atoms with Crippen LogP contribution < -0.4 is 0 Å². The summed E-state index contributed by atoms with van der Waals surface area (Å²) in [7, 11) is 0. The maximum atomic E-state index is 4.28. The normalized spacial score (nSPS) is 13.4. The molecule has 2 bridgehead atoms. The van der Waals surface area contributed by atoms with Gasteiger partial charge in [-0.2, -0.15) is 0 Å². The fourth-order valence-corrected chi connectivity index (χ4v) is 1.64. The van der Waals surface area contributed by atoms with Crippen LogP contribution in [0.3, 0.4) is 0 Å². The average Bonchev–Trinajstić information content (AvgIpc) is 2.18. The van der Waals surface area contributed by atoms with E-state index in [-0.39, 0.29) is 0 Å². The summed E-state index contributed by atoms with van der Waals surface area (Å²) in [6.45, 7) is 7.46. The highest BCUT2D eigenvalue weighted by Gasteiger charge is 2.21. The third kappa shape index (κ3) is 1.13. The van der Waals surface area contributed by atoms with Crippen LogP contribution in [0.15, 0.2) is 43.6 Å². The lowest BCUT2D eigenvalue weighted by Crippen LogP contribution is -2.12. The molecular formula is C12H11N. The van der Waals surface area contributed by atoms with Crippen molar-refractivity contribution in [1.82, 2.24) is 4.98 Å². The summed E-state index contributed by atoms with van der Waals surface area (Å²) in [5.74, 6) is 0. The molecule has 64 valence electrons. The first kappa shape index (κ1) is 7.99. The molecule has 0 spiro atoms. The third-order valence-corrected chi connectivity index (χ3v) is 2.28. The van der Waals surface area contributed by atoms with Crippen LogP contribution in [0.5, 0.6) is 0 Å². The Morgan fingerprint density at radius 3 is 2.77 bits per heavy atom. The maximum absolute atomic E-state index is 4.28. The predicted molar refractivity (Wildman–Crippen MR) is 55.4 cm³/mol. The molecule has 2 heterocycles. The van der Waals surface area contributed by atoms with Crippen molar-refractivity contribution in [2.45, 2.75) is 6.42 Å². The van der Waals surface area contributed by atoms with E-state index in [1.807, 2.05) is 18.3 Å². The van der Waals surface area contributed by atoms with Gasteiger partial charge in [-0.05, 0) is 17.2 Å². The van der Waals surface area contributed by atoms with Gasteiger partial charge in [0.2, 0.25) is 0 Å². The lowest BCUT2D eigenvalue weighted by atomic mass is 9.85. The Bertz CT molecular complexity index is 379. The first-order valence-corrected chi connectivity index (χ1v) is 4.29. The van der Waals surface area contributed by atoms with Gasteiger partial charge in [0, 0.05) is 18.2 Å². The second-order valence-corrected chi connectivity index (χ2v) is 3.03. The molecule has 0 radical (unpaired) electrons. The summed E-state index contributed by atoms with van der Waals surface area (Å²) >= 11 is 0. The molecule has 2 aliphatic rings. The van der Waals surface area contributed by atoms with E-state index in [1.54, 1.807) is 6.08 Å². The van der Waals surface area contributed by atoms with Crippen LogP contribution >= 0.6 is 0 Å². The van der Waals surface area contributed by atoms with Crippen LogP contribution in [0.4, 0.5) is 0 Å². The Balaban J connectivity index is 2.49. The van der Waals surface area contributed by atoms with Crippen molar-refractivity contribution < 1.29 is 0 Å². The van der Waals surface area contributed by atoms with Gasteiger partial charge in [0.05, 0.1) is 5.69 Å². The average molecular weight is 169 g/mol. The van der Waals surface area contributed by atoms with Gasteiger partial charge in [0.1, 0.15) is 0 Å². The van der Waals surface area contributed by atoms with Crippen molar-refractivity contribution in [2.24, 2.45) is 0 Å². The monoisotopic (exact) mass is 169 g/mol. The number of hydrogen-bond donors (Lipinski definition) is 0. The fraction of sp³-hybridized carbons (Fsp3) is 0.0833. The fourth-order valence-electron chi connectivity index (χ4n) is 1.64. The molecule has 13 heavy (non-hydrogen) atoms. The Morgan fingerprint density at radius 2 is 2.31 bits per heavy atom. The van der Waals surface area contributed by atoms with Crippen molar-refractivity contribution in [3.8, 4) is 0 Å². The molecule has 0 amide bonds. The Morgan fingerprint density at radius 1 is 1.46 bits per heavy atom. The molecule has 0 saturated carbocycles. The van der Waals surface area contributed by atoms with Crippen LogP contribution in [0.2, 0.25) is 0 Å². The zero-order chi connectivity index (χ0) is 9.26. The summed E-state index contributed by atoms with van der Waals surface area (Å²) in [6, 6.07) is 2.06. The minimum atomic E-state index is 1.01. The second kappa shape index (κ2) is 3.02. The highest BCUT2D eigenvalue weighted by molar-refractivity contribution is 5.81. The Kier molecular flexibility index (Phi) is 1.85. The molecule has 0 unspecified atom stereocenters. The highest BCUT2D eigenvalue weighted by atomic mass is 14.7. The molecule has 0 saturated heterocycles. The second-order valence-electron chi connectivity index (χ2n) is 3.03. The van der Waals surface area contributed by atoms with E-state index in [9.17, 15) is 0 Å². The molecule has 1 nitrogen and oxygen atoms in total. The smallest absolute Gasteiger partial charge is 0.0528 e. The van der Waals surface area contributed by atoms with Crippen LogP contribution in [0.1, 0.15) is 16.8 Å². The van der Waals surface area contributed by atoms with Gasteiger partial charge in [-0.15, -0.1) is 0 Å².